The van der Waals surface area contributed by atoms with Gasteiger partial charge in [0.25, 0.3) is 0 Å². The van der Waals surface area contributed by atoms with E-state index < -0.39 is 6.86 Å². The molecule has 2 aromatic carbocycles. The molecule has 2 aromatic rings. The lowest BCUT2D eigenvalue weighted by Gasteiger charge is -2.05. The Balaban J connectivity index is 2.12. The number of hydrogen-bond acceptors (Lipinski definition) is 1. The second kappa shape index (κ2) is 5.31. The van der Waals surface area contributed by atoms with Gasteiger partial charge in [0.05, 0.1) is 0 Å². The van der Waals surface area contributed by atoms with E-state index in [0.717, 1.165) is 12.0 Å². The Labute approximate surface area is 94.5 Å². The number of halogens is 1. The smallest absolute Gasteiger partial charge is 0.228 e. The number of hydrogen-bond donors (Lipinski definition) is 0. The fraction of sp³-hybridized carbons (Fsp3) is 0.143. The summed E-state index contributed by atoms with van der Waals surface area (Å²) in [6, 6.07) is 17.7. The molecule has 0 heterocycles. The molecule has 2 rings (SSSR count). The minimum Gasteiger partial charge on any atom is -0.463 e. The molecule has 0 fully saturated rings. The van der Waals surface area contributed by atoms with E-state index in [0.29, 0.717) is 5.75 Å². The fourth-order valence-corrected chi connectivity index (χ4v) is 1.64. The normalized spacial score (nSPS) is 10.1. The van der Waals surface area contributed by atoms with Gasteiger partial charge in [-0.2, -0.15) is 0 Å². The highest BCUT2D eigenvalue weighted by Gasteiger charge is 1.98. The van der Waals surface area contributed by atoms with Gasteiger partial charge < -0.3 is 4.74 Å². The summed E-state index contributed by atoms with van der Waals surface area (Å²) in [7, 11) is 0. The minimum atomic E-state index is -0.783. The van der Waals surface area contributed by atoms with Crippen LogP contribution in [0.3, 0.4) is 0 Å². The largest absolute Gasteiger partial charge is 0.463 e. The standard InChI is InChI=1S/C14H13FO/c15-11-16-14-8-4-7-13(10-14)9-12-5-2-1-3-6-12/h1-8,10H,9,11H2. The summed E-state index contributed by atoms with van der Waals surface area (Å²) in [4.78, 5) is 0. The van der Waals surface area contributed by atoms with E-state index in [1.807, 2.05) is 36.4 Å². The van der Waals surface area contributed by atoms with E-state index in [9.17, 15) is 4.39 Å². The van der Waals surface area contributed by atoms with Gasteiger partial charge in [-0.15, -0.1) is 0 Å². The Morgan fingerprint density at radius 1 is 0.875 bits per heavy atom. The van der Waals surface area contributed by atoms with Crippen LogP contribution >= 0.6 is 0 Å². The van der Waals surface area contributed by atoms with E-state index in [4.69, 9.17) is 4.74 Å². The summed E-state index contributed by atoms with van der Waals surface area (Å²) in [6.45, 7) is -0.783. The van der Waals surface area contributed by atoms with Crippen LogP contribution in [0.5, 0.6) is 5.75 Å². The second-order valence-corrected chi connectivity index (χ2v) is 3.56. The lowest BCUT2D eigenvalue weighted by atomic mass is 10.1. The molecule has 0 spiro atoms. The highest BCUT2D eigenvalue weighted by molar-refractivity contribution is 5.32. The Hall–Kier alpha value is -1.83. The Morgan fingerprint density at radius 3 is 2.38 bits per heavy atom. The molecule has 0 aliphatic heterocycles. The molecule has 0 aliphatic rings. The molecule has 82 valence electrons. The predicted molar refractivity (Wildman–Crippen MR) is 62.3 cm³/mol. The van der Waals surface area contributed by atoms with Crippen molar-refractivity contribution < 1.29 is 9.13 Å². The van der Waals surface area contributed by atoms with Crippen molar-refractivity contribution in [1.29, 1.82) is 0 Å². The van der Waals surface area contributed by atoms with Crippen molar-refractivity contribution in [2.75, 3.05) is 6.86 Å². The van der Waals surface area contributed by atoms with Crippen molar-refractivity contribution >= 4 is 0 Å². The van der Waals surface area contributed by atoms with Gasteiger partial charge in [0.15, 0.2) is 0 Å². The van der Waals surface area contributed by atoms with E-state index in [-0.39, 0.29) is 0 Å². The van der Waals surface area contributed by atoms with E-state index in [2.05, 4.69) is 12.1 Å². The summed E-state index contributed by atoms with van der Waals surface area (Å²) in [5.74, 6) is 0.580. The van der Waals surface area contributed by atoms with Crippen molar-refractivity contribution in [2.24, 2.45) is 0 Å². The van der Waals surface area contributed by atoms with Crippen LogP contribution in [0.25, 0.3) is 0 Å². The lowest BCUT2D eigenvalue weighted by Crippen LogP contribution is -1.92. The zero-order valence-electron chi connectivity index (χ0n) is 8.90. The summed E-state index contributed by atoms with van der Waals surface area (Å²) in [5, 5.41) is 0. The summed E-state index contributed by atoms with van der Waals surface area (Å²) in [5.41, 5.74) is 2.36. The number of rotatable bonds is 4. The first-order valence-electron chi connectivity index (χ1n) is 5.20. The van der Waals surface area contributed by atoms with Crippen LogP contribution in [0.2, 0.25) is 0 Å². The predicted octanol–water partition coefficient (Wildman–Crippen LogP) is 3.58. The maximum atomic E-state index is 12.0. The molecule has 0 aromatic heterocycles. The highest BCUT2D eigenvalue weighted by Crippen LogP contribution is 2.16. The molecule has 2 heteroatoms. The summed E-state index contributed by atoms with van der Waals surface area (Å²) < 4.78 is 16.8. The molecule has 1 nitrogen and oxygen atoms in total. The first kappa shape index (κ1) is 10.7. The quantitative estimate of drug-likeness (QED) is 0.759. The highest BCUT2D eigenvalue weighted by atomic mass is 19.1. The van der Waals surface area contributed by atoms with Crippen molar-refractivity contribution in [1.82, 2.24) is 0 Å². The Morgan fingerprint density at radius 2 is 1.62 bits per heavy atom. The van der Waals surface area contributed by atoms with Gasteiger partial charge in [0.2, 0.25) is 6.86 Å². The van der Waals surface area contributed by atoms with Gasteiger partial charge in [-0.1, -0.05) is 42.5 Å². The maximum Gasteiger partial charge on any atom is 0.228 e. The van der Waals surface area contributed by atoms with Crippen LogP contribution in [-0.2, 0) is 6.42 Å². The fourth-order valence-electron chi connectivity index (χ4n) is 1.64. The minimum absolute atomic E-state index is 0.580. The lowest BCUT2D eigenvalue weighted by molar-refractivity contribution is 0.191. The average Bonchev–Trinajstić information content (AvgIpc) is 2.31. The van der Waals surface area contributed by atoms with Crippen LogP contribution in [-0.4, -0.2) is 6.86 Å². The molecular weight excluding hydrogens is 203 g/mol. The number of ether oxygens (including phenoxy) is 1. The molecule has 0 radical (unpaired) electrons. The molecule has 0 amide bonds. The van der Waals surface area contributed by atoms with Crippen molar-refractivity contribution in [2.45, 2.75) is 6.42 Å². The van der Waals surface area contributed by atoms with E-state index in [1.165, 1.54) is 5.56 Å². The third-order valence-corrected chi connectivity index (χ3v) is 2.37. The Kier molecular flexibility index (Phi) is 3.54. The van der Waals surface area contributed by atoms with Gasteiger partial charge in [-0.25, -0.2) is 4.39 Å². The molecule has 16 heavy (non-hydrogen) atoms. The number of alkyl halides is 1. The average molecular weight is 216 g/mol. The maximum absolute atomic E-state index is 12.0. The molecule has 0 N–H and O–H groups in total. The first-order chi connectivity index (χ1) is 7.88. The van der Waals surface area contributed by atoms with Crippen LogP contribution in [0.1, 0.15) is 11.1 Å². The van der Waals surface area contributed by atoms with Crippen molar-refractivity contribution in [3.8, 4) is 5.75 Å². The SMILES string of the molecule is FCOc1cccc(Cc2ccccc2)c1. The molecular formula is C14H13FO. The molecule has 0 atom stereocenters. The van der Waals surface area contributed by atoms with Gasteiger partial charge in [0.1, 0.15) is 5.75 Å². The zero-order chi connectivity index (χ0) is 11.2. The first-order valence-corrected chi connectivity index (χ1v) is 5.20. The third kappa shape index (κ3) is 2.83. The summed E-state index contributed by atoms with van der Waals surface area (Å²) in [6.07, 6.45) is 0.838. The molecule has 0 saturated carbocycles. The number of benzene rings is 2. The van der Waals surface area contributed by atoms with Crippen LogP contribution in [0, 0.1) is 0 Å². The van der Waals surface area contributed by atoms with Gasteiger partial charge in [0, 0.05) is 0 Å². The van der Waals surface area contributed by atoms with Crippen LogP contribution in [0.4, 0.5) is 4.39 Å². The summed E-state index contributed by atoms with van der Waals surface area (Å²) >= 11 is 0. The third-order valence-electron chi connectivity index (χ3n) is 2.37. The van der Waals surface area contributed by atoms with Crippen LogP contribution < -0.4 is 4.74 Å². The van der Waals surface area contributed by atoms with Crippen LogP contribution in [0.15, 0.2) is 54.6 Å². The molecule has 0 saturated heterocycles. The molecule has 0 aliphatic carbocycles. The van der Waals surface area contributed by atoms with Gasteiger partial charge in [-0.05, 0) is 29.7 Å². The van der Waals surface area contributed by atoms with Gasteiger partial charge in [-0.3, -0.25) is 0 Å². The van der Waals surface area contributed by atoms with Gasteiger partial charge >= 0.3 is 0 Å². The van der Waals surface area contributed by atoms with E-state index >= 15 is 0 Å². The van der Waals surface area contributed by atoms with Crippen molar-refractivity contribution in [3.05, 3.63) is 65.7 Å². The monoisotopic (exact) mass is 216 g/mol. The molecule has 0 unspecified atom stereocenters. The topological polar surface area (TPSA) is 9.23 Å². The molecule has 0 bridgehead atoms. The van der Waals surface area contributed by atoms with Crippen molar-refractivity contribution in [3.63, 3.8) is 0 Å². The second-order valence-electron chi connectivity index (χ2n) is 3.56. The van der Waals surface area contributed by atoms with E-state index in [1.54, 1.807) is 6.07 Å². The Bertz CT molecular complexity index is 439. The zero-order valence-corrected chi connectivity index (χ0v) is 8.90.